The first-order chi connectivity index (χ1) is 20.2. The van der Waals surface area contributed by atoms with Gasteiger partial charge < -0.3 is 37.2 Å². The minimum Gasteiger partial charge on any atom is -0.393 e. The van der Waals surface area contributed by atoms with Gasteiger partial charge in [-0.2, -0.15) is 5.10 Å². The standard InChI is InChI=1S/C29H33ClN10O2/c1-33-29(42)26(32)22(11-25(31)37-28(41)16-6-7-16)36-21-5-3-4-19-20-12-35-40(23(20)15-38(2)27(19)21)18-13-39(14-18)17-8-9-34-24(30)10-17/h3-5,8-12,16,18,36H,6-7,13-15,31-32H2,1-2H3,(H,33,42)(H,37,41)/b25-11+,26-22+. The predicted molar refractivity (Wildman–Crippen MR) is 162 cm³/mol. The molecule has 1 saturated heterocycles. The van der Waals surface area contributed by atoms with Crippen molar-refractivity contribution in [2.45, 2.75) is 25.4 Å². The molecule has 2 amide bonds. The van der Waals surface area contributed by atoms with E-state index in [4.69, 9.17) is 28.2 Å². The number of pyridine rings is 1. The first-order valence-electron chi connectivity index (χ1n) is 13.8. The smallest absolute Gasteiger partial charge is 0.269 e. The summed E-state index contributed by atoms with van der Waals surface area (Å²) in [5, 5.41) is 13.8. The number of carbonyl (C=O) groups is 2. The molecule has 2 aliphatic heterocycles. The summed E-state index contributed by atoms with van der Waals surface area (Å²) in [6, 6.07) is 9.98. The zero-order chi connectivity index (χ0) is 29.5. The van der Waals surface area contributed by atoms with Gasteiger partial charge in [0.05, 0.1) is 41.5 Å². The van der Waals surface area contributed by atoms with Crippen molar-refractivity contribution in [1.82, 2.24) is 25.4 Å². The van der Waals surface area contributed by atoms with E-state index in [-0.39, 0.29) is 35.1 Å². The highest BCUT2D eigenvalue weighted by atomic mass is 35.5. The van der Waals surface area contributed by atoms with Crippen LogP contribution in [0.25, 0.3) is 11.1 Å². The van der Waals surface area contributed by atoms with Crippen LogP contribution in [0.2, 0.25) is 5.15 Å². The van der Waals surface area contributed by atoms with Gasteiger partial charge in [-0.1, -0.05) is 23.7 Å². The van der Waals surface area contributed by atoms with Crippen LogP contribution in [0.3, 0.4) is 0 Å². The highest BCUT2D eigenvalue weighted by Crippen LogP contribution is 2.44. The molecule has 42 heavy (non-hydrogen) atoms. The summed E-state index contributed by atoms with van der Waals surface area (Å²) in [5.74, 6) is -0.523. The van der Waals surface area contributed by atoms with E-state index in [1.54, 1.807) is 6.20 Å². The van der Waals surface area contributed by atoms with E-state index in [9.17, 15) is 9.59 Å². The molecular weight excluding hydrogens is 556 g/mol. The Morgan fingerprint density at radius 1 is 1.14 bits per heavy atom. The van der Waals surface area contributed by atoms with Crippen LogP contribution in [-0.4, -0.2) is 53.8 Å². The SMILES string of the molecule is CNC(=O)/C(N)=C(/C=C(\N)NC(=O)C1CC1)Nc1cccc2c1N(C)Cc1c-2cnn1C1CN(c2ccnc(Cl)c2)C1. The van der Waals surface area contributed by atoms with E-state index < -0.39 is 5.91 Å². The monoisotopic (exact) mass is 588 g/mol. The minimum atomic E-state index is -0.472. The van der Waals surface area contributed by atoms with Gasteiger partial charge in [0.15, 0.2) is 0 Å². The summed E-state index contributed by atoms with van der Waals surface area (Å²) in [6.45, 7) is 2.28. The maximum absolute atomic E-state index is 12.5. The molecule has 1 saturated carbocycles. The molecule has 0 bridgehead atoms. The number of rotatable bonds is 8. The number of nitrogens with two attached hydrogens (primary N) is 2. The largest absolute Gasteiger partial charge is 0.393 e. The molecule has 3 aromatic rings. The van der Waals surface area contributed by atoms with E-state index in [0.29, 0.717) is 11.7 Å². The van der Waals surface area contributed by atoms with Crippen molar-refractivity contribution < 1.29 is 9.59 Å². The number of likely N-dealkylation sites (N-methyl/N-ethyl adjacent to an activating group) is 1. The van der Waals surface area contributed by atoms with Gasteiger partial charge in [-0.05, 0) is 31.0 Å². The molecule has 6 rings (SSSR count). The maximum Gasteiger partial charge on any atom is 0.269 e. The second kappa shape index (κ2) is 10.9. The molecule has 4 heterocycles. The van der Waals surface area contributed by atoms with Gasteiger partial charge in [-0.3, -0.25) is 14.3 Å². The summed E-state index contributed by atoms with van der Waals surface area (Å²) in [7, 11) is 3.52. The van der Waals surface area contributed by atoms with Crippen molar-refractivity contribution in [3.8, 4) is 11.1 Å². The average Bonchev–Trinajstić information content (AvgIpc) is 3.72. The third kappa shape index (κ3) is 5.20. The van der Waals surface area contributed by atoms with Crippen molar-refractivity contribution in [3.05, 3.63) is 76.9 Å². The van der Waals surface area contributed by atoms with Crippen LogP contribution in [0.1, 0.15) is 24.6 Å². The lowest BCUT2D eigenvalue weighted by Crippen LogP contribution is -2.49. The second-order valence-corrected chi connectivity index (χ2v) is 11.2. The number of allylic oxidation sites excluding steroid dienone is 1. The summed E-state index contributed by atoms with van der Waals surface area (Å²) >= 11 is 6.09. The number of fused-ring (bicyclic) bond motifs is 3. The van der Waals surface area contributed by atoms with Crippen molar-refractivity contribution in [3.63, 3.8) is 0 Å². The maximum atomic E-state index is 12.5. The lowest BCUT2D eigenvalue weighted by Gasteiger charge is -2.42. The number of aromatic nitrogens is 3. The number of carbonyl (C=O) groups excluding carboxylic acids is 2. The Bertz CT molecular complexity index is 1620. The van der Waals surface area contributed by atoms with Gasteiger partial charge in [0.25, 0.3) is 5.91 Å². The van der Waals surface area contributed by atoms with Crippen LogP contribution in [0, 0.1) is 5.92 Å². The fourth-order valence-electron chi connectivity index (χ4n) is 5.44. The third-order valence-electron chi connectivity index (χ3n) is 7.82. The number of benzene rings is 1. The Kier molecular flexibility index (Phi) is 7.15. The van der Waals surface area contributed by atoms with E-state index in [0.717, 1.165) is 59.8 Å². The zero-order valence-electron chi connectivity index (χ0n) is 23.4. The van der Waals surface area contributed by atoms with E-state index in [2.05, 4.69) is 41.5 Å². The van der Waals surface area contributed by atoms with E-state index >= 15 is 0 Å². The number of nitrogens with zero attached hydrogens (tertiary/aromatic N) is 5. The van der Waals surface area contributed by atoms with E-state index in [1.165, 1.54) is 13.1 Å². The molecule has 7 N–H and O–H groups in total. The van der Waals surface area contributed by atoms with Gasteiger partial charge in [0.1, 0.15) is 16.7 Å². The molecule has 3 aliphatic rings. The van der Waals surface area contributed by atoms with Crippen LogP contribution in [0.15, 0.2) is 66.0 Å². The summed E-state index contributed by atoms with van der Waals surface area (Å²) in [5.41, 5.74) is 18.5. The van der Waals surface area contributed by atoms with Crippen molar-refractivity contribution in [2.24, 2.45) is 17.4 Å². The Labute approximate surface area is 248 Å². The molecule has 218 valence electrons. The fraction of sp³-hybridized carbons (Fsp3) is 0.310. The fourth-order valence-corrected chi connectivity index (χ4v) is 5.60. The normalized spacial score (nSPS) is 17.1. The first kappa shape index (κ1) is 27.5. The Morgan fingerprint density at radius 2 is 1.93 bits per heavy atom. The Hall–Kier alpha value is -4.71. The summed E-state index contributed by atoms with van der Waals surface area (Å²) in [6.07, 6.45) is 6.81. The molecule has 12 nitrogen and oxygen atoms in total. The van der Waals surface area contributed by atoms with Crippen LogP contribution < -0.4 is 37.2 Å². The summed E-state index contributed by atoms with van der Waals surface area (Å²) in [4.78, 5) is 33.2. The van der Waals surface area contributed by atoms with Crippen LogP contribution in [0.4, 0.5) is 17.1 Å². The molecule has 13 heteroatoms. The highest BCUT2D eigenvalue weighted by molar-refractivity contribution is 6.29. The number of hydrogen-bond donors (Lipinski definition) is 5. The number of hydrogen-bond acceptors (Lipinski definition) is 9. The van der Waals surface area contributed by atoms with Crippen molar-refractivity contribution in [2.75, 3.05) is 42.3 Å². The van der Waals surface area contributed by atoms with Crippen molar-refractivity contribution >= 4 is 40.5 Å². The lowest BCUT2D eigenvalue weighted by molar-refractivity contribution is -0.121. The minimum absolute atomic E-state index is 0.0179. The number of para-hydroxylation sites is 1. The Morgan fingerprint density at radius 3 is 2.64 bits per heavy atom. The van der Waals surface area contributed by atoms with Gasteiger partial charge in [0, 0.05) is 62.2 Å². The summed E-state index contributed by atoms with van der Waals surface area (Å²) < 4.78 is 2.12. The predicted octanol–water partition coefficient (Wildman–Crippen LogP) is 2.26. The molecule has 2 fully saturated rings. The molecule has 0 spiro atoms. The van der Waals surface area contributed by atoms with Gasteiger partial charge in [0.2, 0.25) is 5.91 Å². The van der Waals surface area contributed by atoms with Gasteiger partial charge in [-0.15, -0.1) is 0 Å². The average molecular weight is 589 g/mol. The van der Waals surface area contributed by atoms with Gasteiger partial charge >= 0.3 is 0 Å². The van der Waals surface area contributed by atoms with Gasteiger partial charge in [-0.25, -0.2) is 4.98 Å². The highest BCUT2D eigenvalue weighted by Gasteiger charge is 2.34. The molecule has 2 aromatic heterocycles. The number of halogens is 1. The van der Waals surface area contributed by atoms with Crippen LogP contribution in [0.5, 0.6) is 0 Å². The van der Waals surface area contributed by atoms with Crippen molar-refractivity contribution in [1.29, 1.82) is 0 Å². The zero-order valence-corrected chi connectivity index (χ0v) is 24.2. The number of nitrogens with one attached hydrogen (secondary N) is 3. The number of amides is 2. The lowest BCUT2D eigenvalue weighted by atomic mass is 9.97. The van der Waals surface area contributed by atoms with Crippen LogP contribution in [-0.2, 0) is 16.1 Å². The molecule has 0 unspecified atom stereocenters. The van der Waals surface area contributed by atoms with E-state index in [1.807, 2.05) is 37.5 Å². The third-order valence-corrected chi connectivity index (χ3v) is 8.03. The molecule has 0 atom stereocenters. The first-order valence-corrected chi connectivity index (χ1v) is 14.2. The van der Waals surface area contributed by atoms with Crippen LogP contribution >= 0.6 is 11.6 Å². The molecule has 0 radical (unpaired) electrons. The number of anilines is 3. The molecule has 1 aliphatic carbocycles. The topological polar surface area (TPSA) is 159 Å². The molecular formula is C29H33ClN10O2. The quantitative estimate of drug-likeness (QED) is 0.151. The second-order valence-electron chi connectivity index (χ2n) is 10.8. The Balaban J connectivity index is 1.27. The molecule has 1 aromatic carbocycles.